The molecule has 0 aliphatic carbocycles. The van der Waals surface area contributed by atoms with Crippen molar-refractivity contribution < 1.29 is 4.79 Å². The van der Waals surface area contributed by atoms with E-state index >= 15 is 0 Å². The Morgan fingerprint density at radius 1 is 1.07 bits per heavy atom. The van der Waals surface area contributed by atoms with E-state index in [0.717, 1.165) is 36.7 Å². The van der Waals surface area contributed by atoms with Crippen LogP contribution >= 0.6 is 0 Å². The number of benzene rings is 1. The minimum atomic E-state index is 0.0226. The highest BCUT2D eigenvalue weighted by Gasteiger charge is 2.44. The highest BCUT2D eigenvalue weighted by molar-refractivity contribution is 5.97. The number of hydrogen-bond acceptors (Lipinski definition) is 6. The smallest absolute Gasteiger partial charge is 0.256 e. The lowest BCUT2D eigenvalue weighted by atomic mass is 9.82. The van der Waals surface area contributed by atoms with Crippen molar-refractivity contribution >= 4 is 11.7 Å². The number of carbonyl (C=O) groups excluding carboxylic acids is 1. The maximum atomic E-state index is 13.3. The molecular formula is C21H23N7O. The molecule has 4 heterocycles. The van der Waals surface area contributed by atoms with Crippen molar-refractivity contribution in [1.82, 2.24) is 29.9 Å². The van der Waals surface area contributed by atoms with Gasteiger partial charge in [-0.2, -0.15) is 15.0 Å². The average molecular weight is 389 g/mol. The van der Waals surface area contributed by atoms with E-state index in [2.05, 4.69) is 20.1 Å². The summed E-state index contributed by atoms with van der Waals surface area (Å²) in [6, 6.07) is 7.79. The number of anilines is 1. The lowest BCUT2D eigenvalue weighted by Crippen LogP contribution is -2.65. The molecule has 2 atom stereocenters. The van der Waals surface area contributed by atoms with E-state index in [4.69, 9.17) is 4.98 Å². The summed E-state index contributed by atoms with van der Waals surface area (Å²) in [6.07, 6.45) is 6.08. The topological polar surface area (TPSA) is 80.0 Å². The Morgan fingerprint density at radius 3 is 2.66 bits per heavy atom. The number of aromatic nitrogens is 5. The van der Waals surface area contributed by atoms with Gasteiger partial charge in [0.15, 0.2) is 0 Å². The minimum Gasteiger partial charge on any atom is -0.350 e. The molecule has 8 nitrogen and oxygen atoms in total. The van der Waals surface area contributed by atoms with Gasteiger partial charge >= 0.3 is 0 Å². The molecule has 3 aromatic rings. The van der Waals surface area contributed by atoms with E-state index in [1.807, 2.05) is 49.2 Å². The first-order valence-electron chi connectivity index (χ1n) is 9.93. The Labute approximate surface area is 169 Å². The summed E-state index contributed by atoms with van der Waals surface area (Å²) in [6.45, 7) is 6.40. The molecular weight excluding hydrogens is 366 g/mol. The van der Waals surface area contributed by atoms with E-state index in [1.54, 1.807) is 12.4 Å². The zero-order valence-corrected chi connectivity index (χ0v) is 16.6. The highest BCUT2D eigenvalue weighted by Crippen LogP contribution is 2.36. The fraction of sp³-hybridized carbons (Fsp3) is 0.381. The largest absolute Gasteiger partial charge is 0.350 e. The number of piperidine rings is 1. The second kappa shape index (κ2) is 6.95. The molecule has 1 aromatic carbocycles. The molecule has 0 bridgehead atoms. The number of nitrogens with zero attached hydrogens (tertiary/aromatic N) is 7. The van der Waals surface area contributed by atoms with Gasteiger partial charge in [0, 0.05) is 25.6 Å². The molecule has 2 aliphatic heterocycles. The van der Waals surface area contributed by atoms with Gasteiger partial charge in [0.2, 0.25) is 0 Å². The normalized spacial score (nSPS) is 20.9. The Kier molecular flexibility index (Phi) is 4.26. The lowest BCUT2D eigenvalue weighted by Gasteiger charge is -2.54. The van der Waals surface area contributed by atoms with Crippen LogP contribution in [0.25, 0.3) is 5.69 Å². The van der Waals surface area contributed by atoms with Crippen LogP contribution in [-0.4, -0.2) is 61.4 Å². The summed E-state index contributed by atoms with van der Waals surface area (Å²) in [5.74, 6) is 1.53. The van der Waals surface area contributed by atoms with E-state index in [9.17, 15) is 4.79 Å². The Balaban J connectivity index is 1.37. The average Bonchev–Trinajstić information content (AvgIpc) is 3.26. The number of carbonyl (C=O) groups is 1. The molecule has 2 aliphatic rings. The van der Waals surface area contributed by atoms with Crippen LogP contribution in [0.2, 0.25) is 0 Å². The molecule has 8 heteroatoms. The predicted molar refractivity (Wildman–Crippen MR) is 108 cm³/mol. The van der Waals surface area contributed by atoms with Gasteiger partial charge < -0.3 is 9.80 Å². The van der Waals surface area contributed by atoms with Crippen LogP contribution in [0, 0.1) is 19.8 Å². The number of fused-ring (bicyclic) bond motifs is 1. The third kappa shape index (κ3) is 3.04. The Morgan fingerprint density at radius 2 is 1.86 bits per heavy atom. The number of rotatable bonds is 3. The molecule has 2 fully saturated rings. The number of hydrogen-bond donors (Lipinski definition) is 0. The second-order valence-corrected chi connectivity index (χ2v) is 7.75. The van der Waals surface area contributed by atoms with Gasteiger partial charge in [-0.1, -0.05) is 12.1 Å². The van der Waals surface area contributed by atoms with Gasteiger partial charge in [-0.25, -0.2) is 4.98 Å². The van der Waals surface area contributed by atoms with E-state index in [0.29, 0.717) is 29.8 Å². The van der Waals surface area contributed by atoms with Crippen LogP contribution in [0.1, 0.15) is 28.2 Å². The van der Waals surface area contributed by atoms with Gasteiger partial charge in [0.05, 0.1) is 47.3 Å². The Bertz CT molecular complexity index is 1050. The molecule has 0 radical (unpaired) electrons. The predicted octanol–water partition coefficient (Wildman–Crippen LogP) is 2.03. The molecule has 0 saturated carbocycles. The summed E-state index contributed by atoms with van der Waals surface area (Å²) in [5.41, 5.74) is 3.24. The fourth-order valence-electron chi connectivity index (χ4n) is 4.25. The van der Waals surface area contributed by atoms with Crippen molar-refractivity contribution in [3.05, 3.63) is 59.8 Å². The minimum absolute atomic E-state index is 0.0226. The maximum absolute atomic E-state index is 13.3. The zero-order chi connectivity index (χ0) is 20.0. The monoisotopic (exact) mass is 389 g/mol. The van der Waals surface area contributed by atoms with Crippen molar-refractivity contribution in [3.8, 4) is 5.69 Å². The summed E-state index contributed by atoms with van der Waals surface area (Å²) >= 11 is 0. The first-order chi connectivity index (χ1) is 14.1. The third-order valence-electron chi connectivity index (χ3n) is 6.08. The fourth-order valence-corrected chi connectivity index (χ4v) is 4.25. The SMILES string of the molecule is Cc1ncc(N2CC3CCN(C(=O)c4ccccc4-n4nccn4)CC32)nc1C. The van der Waals surface area contributed by atoms with Gasteiger partial charge in [-0.05, 0) is 32.4 Å². The molecule has 29 heavy (non-hydrogen) atoms. The second-order valence-electron chi connectivity index (χ2n) is 7.75. The van der Waals surface area contributed by atoms with Gasteiger partial charge in [-0.15, -0.1) is 0 Å². The highest BCUT2D eigenvalue weighted by atomic mass is 16.2. The zero-order valence-electron chi connectivity index (χ0n) is 16.6. The summed E-state index contributed by atoms with van der Waals surface area (Å²) in [4.78, 5) is 28.2. The third-order valence-corrected chi connectivity index (χ3v) is 6.08. The van der Waals surface area contributed by atoms with Gasteiger partial charge in [0.25, 0.3) is 5.91 Å². The molecule has 2 unspecified atom stereocenters. The molecule has 1 amide bonds. The standard InChI is InChI=1S/C21H23N7O/c1-14-15(2)25-20(11-22-14)27-12-16-7-10-26(13-19(16)27)21(29)17-5-3-4-6-18(17)28-23-8-9-24-28/h3-6,8-9,11,16,19H,7,10,12-13H2,1-2H3. The number of amides is 1. The molecule has 148 valence electrons. The van der Waals surface area contributed by atoms with Gasteiger partial charge in [-0.3, -0.25) is 9.78 Å². The van der Waals surface area contributed by atoms with Crippen molar-refractivity contribution in [3.63, 3.8) is 0 Å². The van der Waals surface area contributed by atoms with Crippen LogP contribution in [0.3, 0.4) is 0 Å². The van der Waals surface area contributed by atoms with Crippen LogP contribution < -0.4 is 4.90 Å². The van der Waals surface area contributed by atoms with E-state index < -0.39 is 0 Å². The molecule has 2 saturated heterocycles. The van der Waals surface area contributed by atoms with Crippen molar-refractivity contribution in [2.45, 2.75) is 26.3 Å². The van der Waals surface area contributed by atoms with Crippen LogP contribution in [0.15, 0.2) is 42.9 Å². The summed E-state index contributed by atoms with van der Waals surface area (Å²) in [5, 5.41) is 8.38. The van der Waals surface area contributed by atoms with Crippen LogP contribution in [0.4, 0.5) is 5.82 Å². The Hall–Kier alpha value is -3.29. The molecule has 5 rings (SSSR count). The molecule has 2 aromatic heterocycles. The quantitative estimate of drug-likeness (QED) is 0.682. The van der Waals surface area contributed by atoms with E-state index in [-0.39, 0.29) is 5.91 Å². The van der Waals surface area contributed by atoms with Crippen molar-refractivity contribution in [2.75, 3.05) is 24.5 Å². The summed E-state index contributed by atoms with van der Waals surface area (Å²) < 4.78 is 0. The number of para-hydroxylation sites is 1. The van der Waals surface area contributed by atoms with E-state index in [1.165, 1.54) is 4.80 Å². The first kappa shape index (κ1) is 17.8. The van der Waals surface area contributed by atoms with Gasteiger partial charge in [0.1, 0.15) is 5.82 Å². The first-order valence-corrected chi connectivity index (χ1v) is 9.93. The lowest BCUT2D eigenvalue weighted by molar-refractivity contribution is 0.0590. The van der Waals surface area contributed by atoms with Crippen molar-refractivity contribution in [1.29, 1.82) is 0 Å². The molecule has 0 N–H and O–H groups in total. The number of likely N-dealkylation sites (tertiary alicyclic amines) is 1. The number of aryl methyl sites for hydroxylation is 2. The summed E-state index contributed by atoms with van der Waals surface area (Å²) in [7, 11) is 0. The maximum Gasteiger partial charge on any atom is 0.256 e. The molecule has 0 spiro atoms. The van der Waals surface area contributed by atoms with Crippen molar-refractivity contribution in [2.24, 2.45) is 5.92 Å². The van der Waals surface area contributed by atoms with Crippen LogP contribution in [0.5, 0.6) is 0 Å². The van der Waals surface area contributed by atoms with Crippen LogP contribution in [-0.2, 0) is 0 Å².